The highest BCUT2D eigenvalue weighted by Crippen LogP contribution is 2.33. The minimum Gasteiger partial charge on any atom is -0.384 e. The molecule has 3 nitrogen and oxygen atoms in total. The summed E-state index contributed by atoms with van der Waals surface area (Å²) in [6.45, 7) is 3.91. The molecule has 1 unspecified atom stereocenters. The maximum absolute atomic E-state index is 10.8. The van der Waals surface area contributed by atoms with Crippen LogP contribution in [0.15, 0.2) is 35.7 Å². The molecule has 4 heteroatoms. The van der Waals surface area contributed by atoms with Crippen LogP contribution in [0.5, 0.6) is 0 Å². The van der Waals surface area contributed by atoms with Crippen LogP contribution in [0, 0.1) is 6.92 Å². The molecule has 0 saturated carbocycles. The predicted molar refractivity (Wildman–Crippen MR) is 83.0 cm³/mol. The Bertz CT molecular complexity index is 755. The molecule has 0 amide bonds. The number of para-hydroxylation sites is 1. The summed E-state index contributed by atoms with van der Waals surface area (Å²) in [6, 6.07) is 10.2. The lowest BCUT2D eigenvalue weighted by atomic mass is 9.94. The largest absolute Gasteiger partial charge is 0.384 e. The van der Waals surface area contributed by atoms with Gasteiger partial charge in [-0.15, -0.1) is 11.3 Å². The van der Waals surface area contributed by atoms with E-state index in [1.54, 1.807) is 11.3 Å². The average molecular weight is 286 g/mol. The standard InChI is InChI=1S/C16H18N2OS/c1-11-8-9-20-15(11)16(2,19)10-13-12-6-4-5-7-14(12)18(3)17-13/h4-9,19H,10H2,1-3H3. The number of nitrogens with zero attached hydrogens (tertiary/aromatic N) is 2. The summed E-state index contributed by atoms with van der Waals surface area (Å²) in [6.07, 6.45) is 0.524. The van der Waals surface area contributed by atoms with Crippen LogP contribution in [0.4, 0.5) is 0 Å². The van der Waals surface area contributed by atoms with Gasteiger partial charge in [-0.3, -0.25) is 4.68 Å². The highest BCUT2D eigenvalue weighted by molar-refractivity contribution is 7.10. The van der Waals surface area contributed by atoms with Gasteiger partial charge in [0.15, 0.2) is 0 Å². The summed E-state index contributed by atoms with van der Waals surface area (Å²) < 4.78 is 1.88. The van der Waals surface area contributed by atoms with Gasteiger partial charge < -0.3 is 5.11 Å². The summed E-state index contributed by atoms with van der Waals surface area (Å²) in [5.41, 5.74) is 2.30. The van der Waals surface area contributed by atoms with E-state index in [-0.39, 0.29) is 0 Å². The summed E-state index contributed by atoms with van der Waals surface area (Å²) in [4.78, 5) is 1.02. The second kappa shape index (κ2) is 4.72. The number of fused-ring (bicyclic) bond motifs is 1. The van der Waals surface area contributed by atoms with Crippen LogP contribution >= 0.6 is 11.3 Å². The van der Waals surface area contributed by atoms with Gasteiger partial charge >= 0.3 is 0 Å². The number of thiophene rings is 1. The second-order valence-electron chi connectivity index (χ2n) is 5.47. The summed E-state index contributed by atoms with van der Waals surface area (Å²) in [7, 11) is 1.94. The van der Waals surface area contributed by atoms with E-state index in [9.17, 15) is 5.11 Å². The number of rotatable bonds is 3. The van der Waals surface area contributed by atoms with E-state index in [0.29, 0.717) is 6.42 Å². The summed E-state index contributed by atoms with van der Waals surface area (Å²) in [5.74, 6) is 0. The molecule has 2 heterocycles. The summed E-state index contributed by atoms with van der Waals surface area (Å²) in [5, 5.41) is 18.6. The van der Waals surface area contributed by atoms with E-state index in [2.05, 4.69) is 17.2 Å². The monoisotopic (exact) mass is 286 g/mol. The van der Waals surface area contributed by atoms with E-state index < -0.39 is 5.60 Å². The van der Waals surface area contributed by atoms with Crippen LogP contribution in [0.25, 0.3) is 10.9 Å². The molecule has 20 heavy (non-hydrogen) atoms. The van der Waals surface area contributed by atoms with Crippen LogP contribution in [0.3, 0.4) is 0 Å². The Kier molecular flexibility index (Phi) is 3.15. The molecule has 1 aromatic carbocycles. The number of aromatic nitrogens is 2. The maximum Gasteiger partial charge on any atom is 0.102 e. The lowest BCUT2D eigenvalue weighted by molar-refractivity contribution is 0.0600. The lowest BCUT2D eigenvalue weighted by Crippen LogP contribution is -2.24. The molecule has 104 valence electrons. The number of aliphatic hydroxyl groups is 1. The van der Waals surface area contributed by atoms with Crippen LogP contribution in [0.2, 0.25) is 0 Å². The van der Waals surface area contributed by atoms with Crippen LogP contribution in [-0.4, -0.2) is 14.9 Å². The Hall–Kier alpha value is -1.65. The quantitative estimate of drug-likeness (QED) is 0.801. The third kappa shape index (κ3) is 2.15. The van der Waals surface area contributed by atoms with E-state index >= 15 is 0 Å². The van der Waals surface area contributed by atoms with Crippen LogP contribution in [-0.2, 0) is 19.1 Å². The van der Waals surface area contributed by atoms with E-state index in [1.807, 2.05) is 49.2 Å². The minimum absolute atomic E-state index is 0.524. The molecular formula is C16H18N2OS. The van der Waals surface area contributed by atoms with Gasteiger partial charge in [0.25, 0.3) is 0 Å². The van der Waals surface area contributed by atoms with Crippen molar-refractivity contribution in [1.82, 2.24) is 9.78 Å². The van der Waals surface area contributed by atoms with Gasteiger partial charge in [-0.2, -0.15) is 5.10 Å². The molecule has 0 aliphatic rings. The first-order valence-electron chi connectivity index (χ1n) is 6.66. The fraction of sp³-hybridized carbons (Fsp3) is 0.312. The van der Waals surface area contributed by atoms with E-state index in [4.69, 9.17) is 0 Å². The minimum atomic E-state index is -0.880. The molecule has 0 bridgehead atoms. The Morgan fingerprint density at radius 3 is 2.75 bits per heavy atom. The van der Waals surface area contributed by atoms with Gasteiger partial charge in [-0.1, -0.05) is 18.2 Å². The molecular weight excluding hydrogens is 268 g/mol. The molecule has 3 rings (SSSR count). The number of benzene rings is 1. The van der Waals surface area contributed by atoms with Crippen molar-refractivity contribution in [1.29, 1.82) is 0 Å². The number of hydrogen-bond acceptors (Lipinski definition) is 3. The smallest absolute Gasteiger partial charge is 0.102 e. The fourth-order valence-corrected chi connectivity index (χ4v) is 3.74. The fourth-order valence-electron chi connectivity index (χ4n) is 2.75. The molecule has 3 aromatic rings. The lowest BCUT2D eigenvalue weighted by Gasteiger charge is -2.22. The van der Waals surface area contributed by atoms with Gasteiger partial charge in [0, 0.05) is 23.7 Å². The predicted octanol–water partition coefficient (Wildman–Crippen LogP) is 3.39. The second-order valence-corrected chi connectivity index (χ2v) is 6.39. The average Bonchev–Trinajstić information content (AvgIpc) is 2.96. The van der Waals surface area contributed by atoms with Gasteiger partial charge in [-0.05, 0) is 36.9 Å². The zero-order chi connectivity index (χ0) is 14.3. The van der Waals surface area contributed by atoms with Crippen LogP contribution in [0.1, 0.15) is 23.1 Å². The zero-order valence-corrected chi connectivity index (χ0v) is 12.7. The van der Waals surface area contributed by atoms with Crippen molar-refractivity contribution in [2.75, 3.05) is 0 Å². The third-order valence-corrected chi connectivity index (χ3v) is 4.97. The van der Waals surface area contributed by atoms with Gasteiger partial charge in [0.1, 0.15) is 5.60 Å². The van der Waals surface area contributed by atoms with Crippen molar-refractivity contribution in [2.24, 2.45) is 7.05 Å². The Morgan fingerprint density at radius 2 is 2.05 bits per heavy atom. The van der Waals surface area contributed by atoms with Crippen molar-refractivity contribution in [3.05, 3.63) is 51.8 Å². The normalized spacial score (nSPS) is 14.6. The molecule has 2 aromatic heterocycles. The topological polar surface area (TPSA) is 38.1 Å². The molecule has 0 aliphatic heterocycles. The Morgan fingerprint density at radius 1 is 1.30 bits per heavy atom. The molecule has 0 saturated heterocycles. The van der Waals surface area contributed by atoms with E-state index in [0.717, 1.165) is 27.0 Å². The Balaban J connectivity index is 2.03. The van der Waals surface area contributed by atoms with Crippen molar-refractivity contribution < 1.29 is 5.11 Å². The third-order valence-electron chi connectivity index (χ3n) is 3.70. The first-order chi connectivity index (χ1) is 9.49. The molecule has 0 aliphatic carbocycles. The highest BCUT2D eigenvalue weighted by atomic mass is 32.1. The zero-order valence-electron chi connectivity index (χ0n) is 11.9. The Labute approximate surface area is 122 Å². The first kappa shape index (κ1) is 13.3. The SMILES string of the molecule is Cc1ccsc1C(C)(O)Cc1nn(C)c2ccccc12. The molecule has 0 radical (unpaired) electrons. The van der Waals surface area contributed by atoms with Gasteiger partial charge in [0.05, 0.1) is 11.2 Å². The highest BCUT2D eigenvalue weighted by Gasteiger charge is 2.28. The number of hydrogen-bond donors (Lipinski definition) is 1. The molecule has 1 N–H and O–H groups in total. The molecule has 0 spiro atoms. The van der Waals surface area contributed by atoms with E-state index in [1.165, 1.54) is 0 Å². The maximum atomic E-state index is 10.8. The van der Waals surface area contributed by atoms with Crippen molar-refractivity contribution in [2.45, 2.75) is 25.9 Å². The van der Waals surface area contributed by atoms with Gasteiger partial charge in [0.2, 0.25) is 0 Å². The van der Waals surface area contributed by atoms with Crippen LogP contribution < -0.4 is 0 Å². The molecule has 0 fully saturated rings. The molecule has 1 atom stereocenters. The summed E-state index contributed by atoms with van der Waals surface area (Å²) >= 11 is 1.60. The van der Waals surface area contributed by atoms with Crippen molar-refractivity contribution in [3.8, 4) is 0 Å². The number of aryl methyl sites for hydroxylation is 2. The first-order valence-corrected chi connectivity index (χ1v) is 7.54. The van der Waals surface area contributed by atoms with Crippen molar-refractivity contribution >= 4 is 22.2 Å². The van der Waals surface area contributed by atoms with Gasteiger partial charge in [-0.25, -0.2) is 0 Å². The van der Waals surface area contributed by atoms with Crippen molar-refractivity contribution in [3.63, 3.8) is 0 Å².